The molecule has 4 atom stereocenters. The molecule has 0 saturated heterocycles. The van der Waals surface area contributed by atoms with Gasteiger partial charge < -0.3 is 4.74 Å². The summed E-state index contributed by atoms with van der Waals surface area (Å²) in [6, 6.07) is 11.1. The van der Waals surface area contributed by atoms with E-state index in [1.165, 1.54) is 7.11 Å². The van der Waals surface area contributed by atoms with E-state index in [2.05, 4.69) is 0 Å². The third kappa shape index (κ3) is 1.55. The molecule has 1 saturated carbocycles. The van der Waals surface area contributed by atoms with Crippen LogP contribution in [0.2, 0.25) is 0 Å². The molecule has 4 unspecified atom stereocenters. The Kier molecular flexibility index (Phi) is 2.72. The van der Waals surface area contributed by atoms with E-state index < -0.39 is 5.97 Å². The molecule has 0 aromatic heterocycles. The standard InChI is InChI=1S/C21H16O4/c1-9-5-3-6-10-13(9)19(22)17-15(10)18-16(17)11-7-4-8-12(21(24)25-2)14(11)20(18)23/h3-8,15-18H,1-2H3. The number of benzene rings is 2. The number of Topliss-reactive ketones (excluding diaryl/α,β-unsaturated/α-hetero) is 2. The van der Waals surface area contributed by atoms with Gasteiger partial charge in [-0.05, 0) is 29.7 Å². The van der Waals surface area contributed by atoms with E-state index in [0.717, 1.165) is 22.3 Å². The number of esters is 1. The highest BCUT2D eigenvalue weighted by atomic mass is 16.5. The molecule has 3 aliphatic carbocycles. The Balaban J connectivity index is 1.68. The highest BCUT2D eigenvalue weighted by Crippen LogP contribution is 2.67. The third-order valence-corrected chi connectivity index (χ3v) is 6.17. The van der Waals surface area contributed by atoms with Crippen LogP contribution in [0.1, 0.15) is 59.6 Å². The van der Waals surface area contributed by atoms with E-state index in [4.69, 9.17) is 4.74 Å². The van der Waals surface area contributed by atoms with Gasteiger partial charge in [0, 0.05) is 34.8 Å². The molecule has 0 radical (unpaired) electrons. The zero-order chi connectivity index (χ0) is 17.5. The van der Waals surface area contributed by atoms with Crippen LogP contribution in [0.3, 0.4) is 0 Å². The minimum Gasteiger partial charge on any atom is -0.465 e. The average molecular weight is 332 g/mol. The van der Waals surface area contributed by atoms with Gasteiger partial charge in [0.1, 0.15) is 0 Å². The van der Waals surface area contributed by atoms with Crippen molar-refractivity contribution >= 4 is 17.5 Å². The van der Waals surface area contributed by atoms with Gasteiger partial charge in [-0.25, -0.2) is 4.79 Å². The zero-order valence-electron chi connectivity index (χ0n) is 13.9. The molecule has 25 heavy (non-hydrogen) atoms. The van der Waals surface area contributed by atoms with Crippen LogP contribution in [0.4, 0.5) is 0 Å². The second kappa shape index (κ2) is 4.66. The largest absolute Gasteiger partial charge is 0.465 e. The smallest absolute Gasteiger partial charge is 0.338 e. The molecule has 2 aromatic carbocycles. The molecule has 0 N–H and O–H groups in total. The molecule has 124 valence electrons. The van der Waals surface area contributed by atoms with Gasteiger partial charge >= 0.3 is 5.97 Å². The Morgan fingerprint density at radius 3 is 2.04 bits per heavy atom. The van der Waals surface area contributed by atoms with E-state index in [-0.39, 0.29) is 35.2 Å². The molecule has 0 spiro atoms. The van der Waals surface area contributed by atoms with Gasteiger partial charge in [-0.3, -0.25) is 9.59 Å². The lowest BCUT2D eigenvalue weighted by atomic mass is 9.57. The van der Waals surface area contributed by atoms with Gasteiger partial charge in [0.25, 0.3) is 0 Å². The first-order chi connectivity index (χ1) is 12.1. The summed E-state index contributed by atoms with van der Waals surface area (Å²) in [5, 5.41) is 0. The normalized spacial score (nSPS) is 27.9. The molecular weight excluding hydrogens is 316 g/mol. The third-order valence-electron chi connectivity index (χ3n) is 6.17. The lowest BCUT2D eigenvalue weighted by molar-refractivity contribution is 0.0572. The summed E-state index contributed by atoms with van der Waals surface area (Å²) in [6.45, 7) is 1.95. The van der Waals surface area contributed by atoms with Gasteiger partial charge in [-0.15, -0.1) is 0 Å². The molecule has 2 aromatic rings. The first kappa shape index (κ1) is 14.6. The number of ether oxygens (including phenoxy) is 1. The summed E-state index contributed by atoms with van der Waals surface area (Å²) in [5.41, 5.74) is 4.38. The maximum atomic E-state index is 13.1. The Hall–Kier alpha value is -2.75. The van der Waals surface area contributed by atoms with E-state index in [1.54, 1.807) is 12.1 Å². The number of hydrogen-bond acceptors (Lipinski definition) is 4. The fourth-order valence-electron chi connectivity index (χ4n) is 5.22. The van der Waals surface area contributed by atoms with Gasteiger partial charge in [-0.1, -0.05) is 30.3 Å². The van der Waals surface area contributed by atoms with Gasteiger partial charge in [0.15, 0.2) is 11.6 Å². The first-order valence-corrected chi connectivity index (χ1v) is 8.45. The summed E-state index contributed by atoms with van der Waals surface area (Å²) >= 11 is 0. The topological polar surface area (TPSA) is 60.4 Å². The monoisotopic (exact) mass is 332 g/mol. The van der Waals surface area contributed by atoms with Crippen LogP contribution in [0.5, 0.6) is 0 Å². The maximum Gasteiger partial charge on any atom is 0.338 e. The predicted octanol–water partition coefficient (Wildman–Crippen LogP) is 3.29. The van der Waals surface area contributed by atoms with Crippen LogP contribution < -0.4 is 0 Å². The molecule has 4 heteroatoms. The summed E-state index contributed by atoms with van der Waals surface area (Å²) in [5.74, 6) is -0.974. The molecule has 0 bridgehead atoms. The average Bonchev–Trinajstić information content (AvgIpc) is 2.96. The molecular formula is C21H16O4. The van der Waals surface area contributed by atoms with Crippen LogP contribution in [0.15, 0.2) is 36.4 Å². The van der Waals surface area contributed by atoms with Crippen LogP contribution in [-0.2, 0) is 4.74 Å². The first-order valence-electron chi connectivity index (χ1n) is 8.45. The molecule has 1 fully saturated rings. The van der Waals surface area contributed by atoms with Crippen molar-refractivity contribution in [1.29, 1.82) is 0 Å². The second-order valence-corrected chi connectivity index (χ2v) is 7.13. The lowest BCUT2D eigenvalue weighted by Crippen LogP contribution is -2.43. The summed E-state index contributed by atoms with van der Waals surface area (Å²) in [6.07, 6.45) is 0. The Labute approximate surface area is 144 Å². The van der Waals surface area contributed by atoms with Crippen molar-refractivity contribution in [3.63, 3.8) is 0 Å². The molecule has 0 amide bonds. The van der Waals surface area contributed by atoms with Crippen LogP contribution in [0.25, 0.3) is 0 Å². The minimum absolute atomic E-state index is 0.0237. The lowest BCUT2D eigenvalue weighted by Gasteiger charge is -2.43. The van der Waals surface area contributed by atoms with Crippen molar-refractivity contribution in [1.82, 2.24) is 0 Å². The van der Waals surface area contributed by atoms with Crippen molar-refractivity contribution in [2.24, 2.45) is 11.8 Å². The van der Waals surface area contributed by atoms with Crippen molar-refractivity contribution in [3.8, 4) is 0 Å². The molecule has 4 nitrogen and oxygen atoms in total. The number of carbonyl (C=O) groups excluding carboxylic acids is 3. The maximum absolute atomic E-state index is 13.1. The zero-order valence-corrected chi connectivity index (χ0v) is 13.9. The van der Waals surface area contributed by atoms with Crippen molar-refractivity contribution in [3.05, 3.63) is 69.8 Å². The van der Waals surface area contributed by atoms with E-state index >= 15 is 0 Å². The Bertz CT molecular complexity index is 987. The number of aryl methyl sites for hydroxylation is 1. The fraction of sp³-hybridized carbons (Fsp3) is 0.286. The van der Waals surface area contributed by atoms with Crippen LogP contribution in [-0.4, -0.2) is 24.6 Å². The van der Waals surface area contributed by atoms with Gasteiger partial charge in [0.05, 0.1) is 12.7 Å². The SMILES string of the molecule is COC(=O)c1cccc2c1C(=O)C1C3c4cccc(C)c4C(=O)C3C21. The molecule has 5 rings (SSSR count). The van der Waals surface area contributed by atoms with Crippen LogP contribution in [0, 0.1) is 18.8 Å². The van der Waals surface area contributed by atoms with E-state index in [0.29, 0.717) is 11.1 Å². The number of carbonyl (C=O) groups is 3. The number of hydrogen-bond donors (Lipinski definition) is 0. The Morgan fingerprint density at radius 2 is 1.40 bits per heavy atom. The van der Waals surface area contributed by atoms with Crippen molar-refractivity contribution in [2.45, 2.75) is 18.8 Å². The fourth-order valence-corrected chi connectivity index (χ4v) is 5.22. The second-order valence-electron chi connectivity index (χ2n) is 7.13. The van der Waals surface area contributed by atoms with Crippen molar-refractivity contribution < 1.29 is 19.1 Å². The highest BCUT2D eigenvalue weighted by molar-refractivity contribution is 6.16. The molecule has 3 aliphatic rings. The number of rotatable bonds is 1. The summed E-state index contributed by atoms with van der Waals surface area (Å²) in [7, 11) is 1.31. The van der Waals surface area contributed by atoms with Crippen LogP contribution >= 0.6 is 0 Å². The number of fused-ring (bicyclic) bond motifs is 8. The van der Waals surface area contributed by atoms with Crippen molar-refractivity contribution in [2.75, 3.05) is 7.11 Å². The van der Waals surface area contributed by atoms with Gasteiger partial charge in [-0.2, -0.15) is 0 Å². The van der Waals surface area contributed by atoms with E-state index in [1.807, 2.05) is 31.2 Å². The molecule has 0 heterocycles. The number of ketones is 2. The predicted molar refractivity (Wildman–Crippen MR) is 90.1 cm³/mol. The number of methoxy groups -OCH3 is 1. The molecule has 0 aliphatic heterocycles. The minimum atomic E-state index is -0.501. The summed E-state index contributed by atoms with van der Waals surface area (Å²) < 4.78 is 4.83. The van der Waals surface area contributed by atoms with E-state index in [9.17, 15) is 14.4 Å². The highest BCUT2D eigenvalue weighted by Gasteiger charge is 2.65. The van der Waals surface area contributed by atoms with Gasteiger partial charge in [0.2, 0.25) is 0 Å². The Morgan fingerprint density at radius 1 is 0.840 bits per heavy atom. The quantitative estimate of drug-likeness (QED) is 0.752. The summed E-state index contributed by atoms with van der Waals surface area (Å²) in [4.78, 5) is 38.2.